The summed E-state index contributed by atoms with van der Waals surface area (Å²) in [6, 6.07) is 9.43. The highest BCUT2D eigenvalue weighted by Crippen LogP contribution is 2.14. The Kier molecular flexibility index (Phi) is 4.55. The molecule has 0 aromatic heterocycles. The van der Waals surface area contributed by atoms with E-state index in [4.69, 9.17) is 4.74 Å². The standard InChI is InChI=1S/C15H16N2O3/c1-2-6-13-9-14(18)16-11-17(13)15(19)20-10-12-7-4-3-5-8-12/h2-5,7-9H,1,6,10-11H2,(H,16,18). The molecule has 5 heteroatoms. The highest BCUT2D eigenvalue weighted by Gasteiger charge is 2.23. The first kappa shape index (κ1) is 13.9. The summed E-state index contributed by atoms with van der Waals surface area (Å²) in [5, 5.41) is 2.58. The van der Waals surface area contributed by atoms with E-state index in [1.54, 1.807) is 6.08 Å². The van der Waals surface area contributed by atoms with Crippen LogP contribution in [0.1, 0.15) is 12.0 Å². The smallest absolute Gasteiger partial charge is 0.415 e. The summed E-state index contributed by atoms with van der Waals surface area (Å²) in [5.41, 5.74) is 1.50. The third-order valence-electron chi connectivity index (χ3n) is 2.83. The van der Waals surface area contributed by atoms with Crippen molar-refractivity contribution in [2.45, 2.75) is 13.0 Å². The van der Waals surface area contributed by atoms with E-state index in [0.29, 0.717) is 12.1 Å². The Labute approximate surface area is 117 Å². The molecule has 104 valence electrons. The van der Waals surface area contributed by atoms with Gasteiger partial charge in [0, 0.05) is 18.2 Å². The van der Waals surface area contributed by atoms with Crippen molar-refractivity contribution < 1.29 is 14.3 Å². The average molecular weight is 272 g/mol. The largest absolute Gasteiger partial charge is 0.444 e. The third kappa shape index (κ3) is 3.47. The molecule has 0 saturated heterocycles. The van der Waals surface area contributed by atoms with Crippen LogP contribution in [0.25, 0.3) is 0 Å². The maximum absolute atomic E-state index is 12.0. The van der Waals surface area contributed by atoms with Crippen LogP contribution in [0.3, 0.4) is 0 Å². The van der Waals surface area contributed by atoms with Gasteiger partial charge >= 0.3 is 6.09 Å². The SMILES string of the molecule is C=CCC1=CC(=O)NCN1C(=O)OCc1ccccc1. The molecule has 0 bridgehead atoms. The number of carbonyl (C=O) groups is 2. The van der Waals surface area contributed by atoms with Crippen LogP contribution in [0.5, 0.6) is 0 Å². The predicted molar refractivity (Wildman–Crippen MR) is 74.4 cm³/mol. The number of nitrogens with one attached hydrogen (secondary N) is 1. The van der Waals surface area contributed by atoms with Crippen molar-refractivity contribution in [2.75, 3.05) is 6.67 Å². The second-order valence-electron chi connectivity index (χ2n) is 4.30. The second kappa shape index (κ2) is 6.56. The molecule has 1 aliphatic heterocycles. The molecule has 0 unspecified atom stereocenters. The Hall–Kier alpha value is -2.56. The lowest BCUT2D eigenvalue weighted by Gasteiger charge is -2.27. The first-order chi connectivity index (χ1) is 9.70. The maximum atomic E-state index is 12.0. The number of carbonyl (C=O) groups excluding carboxylic acids is 2. The topological polar surface area (TPSA) is 58.6 Å². The Morgan fingerprint density at radius 2 is 2.15 bits per heavy atom. The van der Waals surface area contributed by atoms with Crippen molar-refractivity contribution in [3.8, 4) is 0 Å². The summed E-state index contributed by atoms with van der Waals surface area (Å²) in [4.78, 5) is 24.7. The number of benzene rings is 1. The van der Waals surface area contributed by atoms with Gasteiger partial charge in [0.2, 0.25) is 5.91 Å². The fraction of sp³-hybridized carbons (Fsp3) is 0.200. The van der Waals surface area contributed by atoms with Gasteiger partial charge in [-0.05, 0) is 5.56 Å². The predicted octanol–water partition coefficient (Wildman–Crippen LogP) is 2.17. The number of rotatable bonds is 4. The Morgan fingerprint density at radius 3 is 2.85 bits per heavy atom. The van der Waals surface area contributed by atoms with Gasteiger partial charge in [-0.15, -0.1) is 6.58 Å². The van der Waals surface area contributed by atoms with Crippen LogP contribution in [-0.4, -0.2) is 23.6 Å². The molecular weight excluding hydrogens is 256 g/mol. The third-order valence-corrected chi connectivity index (χ3v) is 2.83. The zero-order valence-corrected chi connectivity index (χ0v) is 11.0. The summed E-state index contributed by atoms with van der Waals surface area (Å²) in [7, 11) is 0. The molecule has 1 aliphatic rings. The first-order valence-electron chi connectivity index (χ1n) is 6.28. The molecule has 0 aliphatic carbocycles. The van der Waals surface area contributed by atoms with Gasteiger partial charge in [0.15, 0.2) is 0 Å². The molecule has 1 aromatic rings. The van der Waals surface area contributed by atoms with E-state index < -0.39 is 6.09 Å². The molecule has 2 amide bonds. The van der Waals surface area contributed by atoms with Crippen LogP contribution in [0.2, 0.25) is 0 Å². The van der Waals surface area contributed by atoms with Crippen LogP contribution >= 0.6 is 0 Å². The van der Waals surface area contributed by atoms with Gasteiger partial charge < -0.3 is 10.1 Å². The van der Waals surface area contributed by atoms with Gasteiger partial charge in [-0.3, -0.25) is 9.69 Å². The molecule has 0 spiro atoms. The van der Waals surface area contributed by atoms with Gasteiger partial charge in [-0.25, -0.2) is 4.79 Å². The number of hydrogen-bond donors (Lipinski definition) is 1. The Bertz CT molecular complexity index is 537. The second-order valence-corrected chi connectivity index (χ2v) is 4.30. The van der Waals surface area contributed by atoms with Crippen LogP contribution < -0.4 is 5.32 Å². The molecule has 0 saturated carbocycles. The van der Waals surface area contributed by atoms with E-state index in [1.165, 1.54) is 11.0 Å². The normalized spacial score (nSPS) is 14.3. The van der Waals surface area contributed by atoms with Gasteiger partial charge in [0.05, 0.1) is 0 Å². The van der Waals surface area contributed by atoms with Crippen molar-refractivity contribution in [2.24, 2.45) is 0 Å². The van der Waals surface area contributed by atoms with Crippen molar-refractivity contribution in [1.29, 1.82) is 0 Å². The van der Waals surface area contributed by atoms with Crippen molar-refractivity contribution in [3.63, 3.8) is 0 Å². The number of amides is 2. The molecular formula is C15H16N2O3. The van der Waals surface area contributed by atoms with Crippen LogP contribution in [0.4, 0.5) is 4.79 Å². The van der Waals surface area contributed by atoms with Gasteiger partial charge in [-0.1, -0.05) is 36.4 Å². The lowest BCUT2D eigenvalue weighted by atomic mass is 10.2. The lowest BCUT2D eigenvalue weighted by Crippen LogP contribution is -2.44. The molecule has 1 aromatic carbocycles. The zero-order chi connectivity index (χ0) is 14.4. The van der Waals surface area contributed by atoms with E-state index in [2.05, 4.69) is 11.9 Å². The summed E-state index contributed by atoms with van der Waals surface area (Å²) in [6.07, 6.45) is 2.98. The van der Waals surface area contributed by atoms with E-state index >= 15 is 0 Å². The van der Waals surface area contributed by atoms with Gasteiger partial charge in [-0.2, -0.15) is 0 Å². The first-order valence-corrected chi connectivity index (χ1v) is 6.28. The molecule has 0 fully saturated rings. The maximum Gasteiger partial charge on any atom is 0.415 e. The van der Waals surface area contributed by atoms with E-state index in [-0.39, 0.29) is 19.2 Å². The van der Waals surface area contributed by atoms with Gasteiger partial charge in [0.25, 0.3) is 0 Å². The van der Waals surface area contributed by atoms with E-state index in [1.807, 2.05) is 30.3 Å². The molecule has 2 rings (SSSR count). The molecule has 1 N–H and O–H groups in total. The summed E-state index contributed by atoms with van der Waals surface area (Å²) < 4.78 is 5.24. The molecule has 5 nitrogen and oxygen atoms in total. The van der Waals surface area contributed by atoms with Crippen molar-refractivity contribution >= 4 is 12.0 Å². The van der Waals surface area contributed by atoms with Crippen LogP contribution in [0, 0.1) is 0 Å². The lowest BCUT2D eigenvalue weighted by molar-refractivity contribution is -0.117. The number of hydrogen-bond acceptors (Lipinski definition) is 3. The number of ether oxygens (including phenoxy) is 1. The molecule has 20 heavy (non-hydrogen) atoms. The highest BCUT2D eigenvalue weighted by atomic mass is 16.6. The van der Waals surface area contributed by atoms with Crippen molar-refractivity contribution in [1.82, 2.24) is 10.2 Å². The minimum atomic E-state index is -0.484. The summed E-state index contributed by atoms with van der Waals surface area (Å²) in [6.45, 7) is 3.93. The monoisotopic (exact) mass is 272 g/mol. The number of nitrogens with zero attached hydrogens (tertiary/aromatic N) is 1. The fourth-order valence-electron chi connectivity index (χ4n) is 1.83. The molecule has 1 heterocycles. The summed E-state index contributed by atoms with van der Waals surface area (Å²) in [5.74, 6) is -0.214. The van der Waals surface area contributed by atoms with Crippen molar-refractivity contribution in [3.05, 3.63) is 60.3 Å². The van der Waals surface area contributed by atoms with E-state index in [9.17, 15) is 9.59 Å². The summed E-state index contributed by atoms with van der Waals surface area (Å²) >= 11 is 0. The highest BCUT2D eigenvalue weighted by molar-refractivity contribution is 5.90. The minimum absolute atomic E-state index is 0.117. The molecule has 0 radical (unpaired) electrons. The van der Waals surface area contributed by atoms with E-state index in [0.717, 1.165) is 5.56 Å². The Morgan fingerprint density at radius 1 is 1.40 bits per heavy atom. The Balaban J connectivity index is 1.99. The quantitative estimate of drug-likeness (QED) is 0.855. The molecule has 0 atom stereocenters. The zero-order valence-electron chi connectivity index (χ0n) is 11.0. The van der Waals surface area contributed by atoms with Crippen LogP contribution in [0.15, 0.2) is 54.8 Å². The van der Waals surface area contributed by atoms with Gasteiger partial charge in [0.1, 0.15) is 13.3 Å². The van der Waals surface area contributed by atoms with Crippen LogP contribution in [-0.2, 0) is 16.1 Å². The minimum Gasteiger partial charge on any atom is -0.444 e. The number of allylic oxidation sites excluding steroid dienone is 1. The average Bonchev–Trinajstić information content (AvgIpc) is 2.46. The fourth-order valence-corrected chi connectivity index (χ4v) is 1.83.